The summed E-state index contributed by atoms with van der Waals surface area (Å²) in [6.45, 7) is 3.65. The zero-order chi connectivity index (χ0) is 17.1. The van der Waals surface area contributed by atoms with E-state index in [0.29, 0.717) is 11.7 Å². The van der Waals surface area contributed by atoms with Crippen molar-refractivity contribution < 1.29 is 14.6 Å². The molecule has 2 N–H and O–H groups in total. The molecule has 0 radical (unpaired) electrons. The summed E-state index contributed by atoms with van der Waals surface area (Å²) < 4.78 is 5.72. The Balaban J connectivity index is 1.64. The predicted molar refractivity (Wildman–Crippen MR) is 92.9 cm³/mol. The number of thiazole rings is 1. The van der Waals surface area contributed by atoms with Gasteiger partial charge in [-0.15, -0.1) is 11.3 Å². The summed E-state index contributed by atoms with van der Waals surface area (Å²) in [6.07, 6.45) is 1.63. The molecule has 5 nitrogen and oxygen atoms in total. The molecule has 3 rings (SSSR count). The van der Waals surface area contributed by atoms with Gasteiger partial charge in [0.25, 0.3) is 5.91 Å². The van der Waals surface area contributed by atoms with Crippen LogP contribution in [0.15, 0.2) is 29.6 Å². The van der Waals surface area contributed by atoms with E-state index in [2.05, 4.69) is 10.3 Å². The fraction of sp³-hybridized carbons (Fsp3) is 0.444. The number of carbonyl (C=O) groups excluding carboxylic acids is 1. The van der Waals surface area contributed by atoms with Gasteiger partial charge in [-0.2, -0.15) is 0 Å². The summed E-state index contributed by atoms with van der Waals surface area (Å²) in [6, 6.07) is 7.12. The molecule has 0 spiro atoms. The van der Waals surface area contributed by atoms with Crippen LogP contribution < -0.4 is 10.1 Å². The monoisotopic (exact) mass is 346 g/mol. The fourth-order valence-electron chi connectivity index (χ4n) is 2.57. The molecule has 1 aromatic carbocycles. The molecule has 6 heteroatoms. The number of benzene rings is 1. The maximum Gasteiger partial charge on any atom is 0.261 e. The number of carbonyl (C=O) groups is 1. The van der Waals surface area contributed by atoms with Gasteiger partial charge in [0.15, 0.2) is 6.10 Å². The molecule has 128 valence electrons. The second-order valence-electron chi connectivity index (χ2n) is 6.22. The number of aromatic nitrogens is 1. The number of nitrogens with zero attached hydrogens (tertiary/aromatic N) is 1. The number of rotatable bonds is 7. The molecule has 24 heavy (non-hydrogen) atoms. The van der Waals surface area contributed by atoms with Gasteiger partial charge in [0, 0.05) is 11.1 Å². The largest absolute Gasteiger partial charge is 0.481 e. The molecule has 1 fully saturated rings. The summed E-state index contributed by atoms with van der Waals surface area (Å²) in [4.78, 5) is 17.0. The van der Waals surface area contributed by atoms with Crippen LogP contribution in [0.2, 0.25) is 0 Å². The Morgan fingerprint density at radius 2 is 2.29 bits per heavy atom. The van der Waals surface area contributed by atoms with Crippen LogP contribution in [0.4, 0.5) is 0 Å². The smallest absolute Gasteiger partial charge is 0.261 e. The normalized spacial score (nSPS) is 16.5. The Morgan fingerprint density at radius 1 is 1.50 bits per heavy atom. The van der Waals surface area contributed by atoms with Crippen LogP contribution in [0.25, 0.3) is 0 Å². The molecule has 1 aromatic heterocycles. The molecule has 1 amide bonds. The Labute approximate surface area is 145 Å². The topological polar surface area (TPSA) is 71.5 Å². The number of hydrogen-bond donors (Lipinski definition) is 2. The van der Waals surface area contributed by atoms with Crippen LogP contribution in [0.3, 0.4) is 0 Å². The summed E-state index contributed by atoms with van der Waals surface area (Å²) in [5.74, 6) is 0.913. The van der Waals surface area contributed by atoms with E-state index in [1.807, 2.05) is 18.4 Å². The fourth-order valence-corrected chi connectivity index (χ4v) is 3.51. The molecular weight excluding hydrogens is 324 g/mol. The number of aryl methyl sites for hydroxylation is 1. The van der Waals surface area contributed by atoms with E-state index in [1.54, 1.807) is 36.5 Å². The highest BCUT2D eigenvalue weighted by atomic mass is 32.1. The van der Waals surface area contributed by atoms with E-state index in [0.717, 1.165) is 29.1 Å². The highest BCUT2D eigenvalue weighted by Crippen LogP contribution is 2.41. The minimum Gasteiger partial charge on any atom is -0.481 e. The molecule has 0 saturated heterocycles. The van der Waals surface area contributed by atoms with Gasteiger partial charge in [0.05, 0.1) is 12.6 Å². The minimum absolute atomic E-state index is 0.0222. The van der Waals surface area contributed by atoms with Crippen LogP contribution in [-0.2, 0) is 11.4 Å². The predicted octanol–water partition coefficient (Wildman–Crippen LogP) is 2.98. The highest BCUT2D eigenvalue weighted by molar-refractivity contribution is 7.09. The third-order valence-electron chi connectivity index (χ3n) is 4.06. The van der Waals surface area contributed by atoms with Gasteiger partial charge in [-0.1, -0.05) is 12.1 Å². The van der Waals surface area contributed by atoms with Gasteiger partial charge in [-0.3, -0.25) is 4.79 Å². The Hall–Kier alpha value is -1.92. The van der Waals surface area contributed by atoms with Gasteiger partial charge in [0.2, 0.25) is 0 Å². The Kier molecular flexibility index (Phi) is 5.16. The highest BCUT2D eigenvalue weighted by Gasteiger charge is 2.36. The molecule has 2 aromatic rings. The van der Waals surface area contributed by atoms with Gasteiger partial charge >= 0.3 is 0 Å². The first kappa shape index (κ1) is 16.9. The van der Waals surface area contributed by atoms with E-state index in [1.165, 1.54) is 0 Å². The lowest BCUT2D eigenvalue weighted by molar-refractivity contribution is -0.128. The van der Waals surface area contributed by atoms with Gasteiger partial charge in [0.1, 0.15) is 10.8 Å². The summed E-state index contributed by atoms with van der Waals surface area (Å²) >= 11 is 1.59. The maximum absolute atomic E-state index is 12.5. The lowest BCUT2D eigenvalue weighted by atomic mass is 10.2. The number of nitrogens with one attached hydrogen (secondary N) is 1. The average molecular weight is 346 g/mol. The molecule has 1 saturated carbocycles. The van der Waals surface area contributed by atoms with Crippen molar-refractivity contribution in [3.8, 4) is 5.75 Å². The molecule has 0 bridgehead atoms. The van der Waals surface area contributed by atoms with E-state index < -0.39 is 6.10 Å². The van der Waals surface area contributed by atoms with E-state index in [-0.39, 0.29) is 18.6 Å². The van der Waals surface area contributed by atoms with E-state index in [9.17, 15) is 9.90 Å². The molecule has 1 aliphatic rings. The van der Waals surface area contributed by atoms with Crippen LogP contribution in [0, 0.1) is 12.8 Å². The molecule has 2 atom stereocenters. The van der Waals surface area contributed by atoms with Crippen molar-refractivity contribution >= 4 is 17.2 Å². The Bertz CT molecular complexity index is 712. The number of aliphatic hydroxyl groups excluding tert-OH is 1. The van der Waals surface area contributed by atoms with E-state index >= 15 is 0 Å². The second-order valence-corrected chi connectivity index (χ2v) is 7.11. The van der Waals surface area contributed by atoms with Gasteiger partial charge in [-0.05, 0) is 50.3 Å². The first-order valence-corrected chi connectivity index (χ1v) is 9.03. The molecule has 0 aliphatic heterocycles. The number of amides is 1. The first-order valence-electron chi connectivity index (χ1n) is 8.15. The van der Waals surface area contributed by atoms with Crippen molar-refractivity contribution in [1.29, 1.82) is 0 Å². The average Bonchev–Trinajstić information content (AvgIpc) is 3.33. The first-order chi connectivity index (χ1) is 11.6. The zero-order valence-corrected chi connectivity index (χ0v) is 14.7. The second kappa shape index (κ2) is 7.32. The van der Waals surface area contributed by atoms with E-state index in [4.69, 9.17) is 4.74 Å². The van der Waals surface area contributed by atoms with Crippen LogP contribution >= 0.6 is 11.3 Å². The molecule has 2 unspecified atom stereocenters. The number of aliphatic hydroxyl groups is 1. The third-order valence-corrected chi connectivity index (χ3v) is 5.10. The summed E-state index contributed by atoms with van der Waals surface area (Å²) in [5, 5.41) is 15.3. The maximum atomic E-state index is 12.5. The minimum atomic E-state index is -0.610. The van der Waals surface area contributed by atoms with Crippen molar-refractivity contribution in [1.82, 2.24) is 10.3 Å². The van der Waals surface area contributed by atoms with Crippen molar-refractivity contribution in [2.45, 2.75) is 45.4 Å². The standard InChI is InChI=1S/C18H22N2O3S/c1-11-10-24-18(19-11)16(14-6-7-14)20-17(22)12(2)23-15-5-3-4-13(8-15)9-21/h3-5,8,10,12,14,16,21H,6-7,9H2,1-2H3,(H,20,22). The number of hydrogen-bond acceptors (Lipinski definition) is 5. The third kappa shape index (κ3) is 4.13. The molecule has 1 aliphatic carbocycles. The van der Waals surface area contributed by atoms with Crippen LogP contribution in [0.1, 0.15) is 42.1 Å². The van der Waals surface area contributed by atoms with Gasteiger partial charge in [-0.25, -0.2) is 4.98 Å². The SMILES string of the molecule is Cc1csc(C(NC(=O)C(C)Oc2cccc(CO)c2)C2CC2)n1. The lowest BCUT2D eigenvalue weighted by Crippen LogP contribution is -2.39. The number of ether oxygens (including phenoxy) is 1. The van der Waals surface area contributed by atoms with Crippen molar-refractivity contribution in [3.63, 3.8) is 0 Å². The summed E-state index contributed by atoms with van der Waals surface area (Å²) in [5.41, 5.74) is 1.74. The Morgan fingerprint density at radius 3 is 2.92 bits per heavy atom. The van der Waals surface area contributed by atoms with Crippen molar-refractivity contribution in [2.75, 3.05) is 0 Å². The lowest BCUT2D eigenvalue weighted by Gasteiger charge is -2.20. The van der Waals surface area contributed by atoms with Crippen molar-refractivity contribution in [2.24, 2.45) is 5.92 Å². The quantitative estimate of drug-likeness (QED) is 0.808. The zero-order valence-electron chi connectivity index (χ0n) is 13.9. The molecule has 1 heterocycles. The van der Waals surface area contributed by atoms with Gasteiger partial charge < -0.3 is 15.2 Å². The summed E-state index contributed by atoms with van der Waals surface area (Å²) in [7, 11) is 0. The van der Waals surface area contributed by atoms with Crippen molar-refractivity contribution in [3.05, 3.63) is 45.9 Å². The molecular formula is C18H22N2O3S. The van der Waals surface area contributed by atoms with Crippen LogP contribution in [-0.4, -0.2) is 22.1 Å². The van der Waals surface area contributed by atoms with Crippen LogP contribution in [0.5, 0.6) is 5.75 Å².